The Morgan fingerprint density at radius 3 is 2.31 bits per heavy atom. The molecule has 2 atom stereocenters. The lowest BCUT2D eigenvalue weighted by Gasteiger charge is -2.23. The van der Waals surface area contributed by atoms with Crippen LogP contribution in [-0.4, -0.2) is 42.1 Å². The lowest BCUT2D eigenvalue weighted by molar-refractivity contribution is -0.128. The Hall–Kier alpha value is -2.48. The summed E-state index contributed by atoms with van der Waals surface area (Å²) in [6.07, 6.45) is 1.17. The van der Waals surface area contributed by atoms with Gasteiger partial charge in [-0.15, -0.1) is 10.2 Å². The van der Waals surface area contributed by atoms with E-state index in [1.54, 1.807) is 0 Å². The lowest BCUT2D eigenvalue weighted by Crippen LogP contribution is -2.47. The summed E-state index contributed by atoms with van der Waals surface area (Å²) in [5.41, 5.74) is 2.04. The van der Waals surface area contributed by atoms with Gasteiger partial charge in [-0.2, -0.15) is 0 Å². The molecule has 0 aliphatic heterocycles. The minimum Gasteiger partial charge on any atom is -0.378 e. The maximum Gasteiger partial charge on any atom is 0.249 e. The standard InChI is InChI=1S/C21H31N5O2S/c1-7-14(4)18(22-17(27)12-13(2)3)19(28)23-21-25-24-20(29-21)15-8-10-16(11-9-15)26(5)6/h8-11,13-14,18H,7,12H2,1-6H3,(H,22,27)(H,23,25,28). The van der Waals surface area contributed by atoms with Crippen LogP contribution in [0.25, 0.3) is 10.6 Å². The second kappa shape index (κ2) is 10.3. The summed E-state index contributed by atoms with van der Waals surface area (Å²) >= 11 is 1.31. The second-order valence-corrected chi connectivity index (χ2v) is 8.85. The number of aromatic nitrogens is 2. The monoisotopic (exact) mass is 417 g/mol. The number of carbonyl (C=O) groups is 2. The summed E-state index contributed by atoms with van der Waals surface area (Å²) in [5, 5.41) is 15.1. The normalized spacial score (nSPS) is 13.1. The van der Waals surface area contributed by atoms with Crippen LogP contribution in [-0.2, 0) is 9.59 Å². The molecule has 7 nitrogen and oxygen atoms in total. The van der Waals surface area contributed by atoms with Gasteiger partial charge >= 0.3 is 0 Å². The summed E-state index contributed by atoms with van der Waals surface area (Å²) < 4.78 is 0. The largest absolute Gasteiger partial charge is 0.378 e. The topological polar surface area (TPSA) is 87.2 Å². The molecule has 1 heterocycles. The van der Waals surface area contributed by atoms with Gasteiger partial charge in [0.05, 0.1) is 0 Å². The van der Waals surface area contributed by atoms with E-state index in [2.05, 4.69) is 20.8 Å². The third-order valence-corrected chi connectivity index (χ3v) is 5.58. The quantitative estimate of drug-likeness (QED) is 0.648. The maximum atomic E-state index is 12.8. The number of carbonyl (C=O) groups excluding carboxylic acids is 2. The highest BCUT2D eigenvalue weighted by Gasteiger charge is 2.27. The zero-order chi connectivity index (χ0) is 21.6. The first-order valence-electron chi connectivity index (χ1n) is 9.92. The third kappa shape index (κ3) is 6.52. The molecule has 0 bridgehead atoms. The SMILES string of the molecule is CCC(C)C(NC(=O)CC(C)C)C(=O)Nc1nnc(-c2ccc(N(C)C)cc2)s1. The van der Waals surface area contributed by atoms with Crippen LogP contribution < -0.4 is 15.5 Å². The molecule has 2 amide bonds. The van der Waals surface area contributed by atoms with Crippen LogP contribution in [0.1, 0.15) is 40.5 Å². The predicted octanol–water partition coefficient (Wildman–Crippen LogP) is 3.79. The highest BCUT2D eigenvalue weighted by Crippen LogP contribution is 2.28. The van der Waals surface area contributed by atoms with Gasteiger partial charge in [-0.3, -0.25) is 14.9 Å². The molecule has 0 saturated heterocycles. The van der Waals surface area contributed by atoms with Crippen molar-refractivity contribution in [2.24, 2.45) is 11.8 Å². The van der Waals surface area contributed by atoms with E-state index in [1.165, 1.54) is 11.3 Å². The zero-order valence-corrected chi connectivity index (χ0v) is 18.8. The van der Waals surface area contributed by atoms with Crippen LogP contribution in [0.4, 0.5) is 10.8 Å². The van der Waals surface area contributed by atoms with Crippen molar-refractivity contribution in [3.63, 3.8) is 0 Å². The van der Waals surface area contributed by atoms with Crippen molar-refractivity contribution in [3.05, 3.63) is 24.3 Å². The van der Waals surface area contributed by atoms with E-state index in [9.17, 15) is 9.59 Å². The van der Waals surface area contributed by atoms with E-state index in [1.807, 2.05) is 71.0 Å². The van der Waals surface area contributed by atoms with Crippen molar-refractivity contribution in [3.8, 4) is 10.6 Å². The molecule has 29 heavy (non-hydrogen) atoms. The van der Waals surface area contributed by atoms with Crippen LogP contribution in [0.2, 0.25) is 0 Å². The van der Waals surface area contributed by atoms with Crippen molar-refractivity contribution in [1.82, 2.24) is 15.5 Å². The lowest BCUT2D eigenvalue weighted by atomic mass is 9.97. The predicted molar refractivity (Wildman–Crippen MR) is 119 cm³/mol. The zero-order valence-electron chi connectivity index (χ0n) is 18.0. The van der Waals surface area contributed by atoms with Crippen LogP contribution in [0.5, 0.6) is 0 Å². The Labute approximate surface area is 176 Å². The fourth-order valence-corrected chi connectivity index (χ4v) is 3.53. The van der Waals surface area contributed by atoms with Crippen molar-refractivity contribution < 1.29 is 9.59 Å². The Morgan fingerprint density at radius 1 is 1.10 bits per heavy atom. The highest BCUT2D eigenvalue weighted by molar-refractivity contribution is 7.18. The average Bonchev–Trinajstić information content (AvgIpc) is 3.13. The van der Waals surface area contributed by atoms with Crippen molar-refractivity contribution >= 4 is 34.0 Å². The first kappa shape index (κ1) is 22.8. The minimum absolute atomic E-state index is 0.0112. The van der Waals surface area contributed by atoms with E-state index in [-0.39, 0.29) is 23.7 Å². The number of rotatable bonds is 9. The fourth-order valence-electron chi connectivity index (χ4n) is 2.78. The number of hydrogen-bond acceptors (Lipinski definition) is 6. The Balaban J connectivity index is 2.08. The molecule has 0 aliphatic carbocycles. The summed E-state index contributed by atoms with van der Waals surface area (Å²) in [6.45, 7) is 7.91. The van der Waals surface area contributed by atoms with E-state index < -0.39 is 6.04 Å². The molecular weight excluding hydrogens is 386 g/mol. The number of nitrogens with zero attached hydrogens (tertiary/aromatic N) is 3. The molecular formula is C21H31N5O2S. The average molecular weight is 418 g/mol. The molecule has 0 fully saturated rings. The van der Waals surface area contributed by atoms with Gasteiger partial charge in [-0.1, -0.05) is 45.5 Å². The van der Waals surface area contributed by atoms with Gasteiger partial charge in [-0.25, -0.2) is 0 Å². The van der Waals surface area contributed by atoms with Crippen LogP contribution in [0.15, 0.2) is 24.3 Å². The van der Waals surface area contributed by atoms with Crippen LogP contribution >= 0.6 is 11.3 Å². The first-order valence-corrected chi connectivity index (χ1v) is 10.7. The second-order valence-electron chi connectivity index (χ2n) is 7.87. The van der Waals surface area contributed by atoms with E-state index in [4.69, 9.17) is 0 Å². The maximum absolute atomic E-state index is 12.8. The van der Waals surface area contributed by atoms with Crippen molar-refractivity contribution in [1.29, 1.82) is 0 Å². The highest BCUT2D eigenvalue weighted by atomic mass is 32.1. The van der Waals surface area contributed by atoms with Gasteiger partial charge in [0.15, 0.2) is 0 Å². The molecule has 0 spiro atoms. The van der Waals surface area contributed by atoms with E-state index in [0.717, 1.165) is 22.7 Å². The van der Waals surface area contributed by atoms with Gasteiger partial charge in [0.25, 0.3) is 0 Å². The van der Waals surface area contributed by atoms with E-state index in [0.29, 0.717) is 11.6 Å². The number of amides is 2. The Morgan fingerprint density at radius 2 is 1.76 bits per heavy atom. The van der Waals surface area contributed by atoms with Crippen molar-refractivity contribution in [2.75, 3.05) is 24.3 Å². The van der Waals surface area contributed by atoms with Gasteiger partial charge in [0.1, 0.15) is 11.0 Å². The first-order chi connectivity index (χ1) is 13.7. The fraction of sp³-hybridized carbons (Fsp3) is 0.524. The molecule has 1 aromatic heterocycles. The number of benzene rings is 1. The molecule has 1 aromatic carbocycles. The Kier molecular flexibility index (Phi) is 8.13. The van der Waals surface area contributed by atoms with Gasteiger partial charge < -0.3 is 10.2 Å². The molecule has 2 rings (SSSR count). The van der Waals surface area contributed by atoms with Gasteiger partial charge in [-0.05, 0) is 36.1 Å². The molecule has 0 saturated carbocycles. The molecule has 2 N–H and O–H groups in total. The molecule has 0 aliphatic rings. The molecule has 0 radical (unpaired) electrons. The van der Waals surface area contributed by atoms with Crippen LogP contribution in [0, 0.1) is 11.8 Å². The third-order valence-electron chi connectivity index (χ3n) is 4.69. The summed E-state index contributed by atoms with van der Waals surface area (Å²) in [5.74, 6) is -0.126. The number of nitrogens with one attached hydrogen (secondary N) is 2. The van der Waals surface area contributed by atoms with E-state index >= 15 is 0 Å². The van der Waals surface area contributed by atoms with Crippen molar-refractivity contribution in [2.45, 2.75) is 46.6 Å². The minimum atomic E-state index is -0.599. The molecule has 2 aromatic rings. The van der Waals surface area contributed by atoms with Crippen LogP contribution in [0.3, 0.4) is 0 Å². The smallest absolute Gasteiger partial charge is 0.249 e. The summed E-state index contributed by atoms with van der Waals surface area (Å²) in [7, 11) is 3.97. The number of hydrogen-bond donors (Lipinski definition) is 2. The van der Waals surface area contributed by atoms with Gasteiger partial charge in [0, 0.05) is 31.8 Å². The van der Waals surface area contributed by atoms with Gasteiger partial charge in [0.2, 0.25) is 16.9 Å². The molecule has 8 heteroatoms. The summed E-state index contributed by atoms with van der Waals surface area (Å²) in [6, 6.07) is 7.39. The Bertz CT molecular complexity index is 817. The molecule has 2 unspecified atom stereocenters. The molecule has 158 valence electrons. The number of anilines is 2. The summed E-state index contributed by atoms with van der Waals surface area (Å²) in [4.78, 5) is 27.0.